The van der Waals surface area contributed by atoms with Crippen molar-refractivity contribution < 1.29 is 24.9 Å². The van der Waals surface area contributed by atoms with Gasteiger partial charge in [-0.1, -0.05) is 24.3 Å². The van der Waals surface area contributed by atoms with Gasteiger partial charge in [-0.25, -0.2) is 0 Å². The van der Waals surface area contributed by atoms with E-state index in [1.165, 1.54) is 0 Å². The molecule has 104 valence electrons. The van der Waals surface area contributed by atoms with Gasteiger partial charge in [0.15, 0.2) is 5.78 Å². The van der Waals surface area contributed by atoms with E-state index in [0.29, 0.717) is 5.56 Å². The second-order valence-electron chi connectivity index (χ2n) is 4.40. The molecular weight excluding hydrogens is 248 g/mol. The van der Waals surface area contributed by atoms with Gasteiger partial charge in [0, 0.05) is 18.4 Å². The zero-order chi connectivity index (χ0) is 14.3. The van der Waals surface area contributed by atoms with Crippen LogP contribution >= 0.6 is 0 Å². The lowest BCUT2D eigenvalue weighted by Gasteiger charge is -2.08. The number of aliphatic hydroxyl groups excluding tert-OH is 2. The Morgan fingerprint density at radius 3 is 2.16 bits per heavy atom. The van der Waals surface area contributed by atoms with Crippen LogP contribution in [0.2, 0.25) is 0 Å². The third kappa shape index (κ3) is 5.63. The lowest BCUT2D eigenvalue weighted by molar-refractivity contribution is -0.137. The van der Waals surface area contributed by atoms with Crippen LogP contribution in [0.5, 0.6) is 0 Å². The number of benzene rings is 1. The van der Waals surface area contributed by atoms with Crippen LogP contribution in [0.1, 0.15) is 41.6 Å². The van der Waals surface area contributed by atoms with E-state index >= 15 is 0 Å². The number of carboxylic acid groups (broad SMARTS) is 1. The summed E-state index contributed by atoms with van der Waals surface area (Å²) in [7, 11) is 0. The van der Waals surface area contributed by atoms with Gasteiger partial charge < -0.3 is 15.3 Å². The fourth-order valence-electron chi connectivity index (χ4n) is 1.67. The zero-order valence-electron chi connectivity index (χ0n) is 10.6. The smallest absolute Gasteiger partial charge is 0.303 e. The molecule has 1 atom stereocenters. The highest BCUT2D eigenvalue weighted by atomic mass is 16.4. The van der Waals surface area contributed by atoms with E-state index in [9.17, 15) is 14.7 Å². The minimum atomic E-state index is -0.954. The number of carbonyl (C=O) groups is 2. The third-order valence-electron chi connectivity index (χ3n) is 2.85. The lowest BCUT2D eigenvalue weighted by Crippen LogP contribution is -2.12. The summed E-state index contributed by atoms with van der Waals surface area (Å²) in [5.41, 5.74) is 1.26. The summed E-state index contributed by atoms with van der Waals surface area (Å²) in [6.45, 7) is -0.0671. The summed E-state index contributed by atoms with van der Waals surface area (Å²) in [6.07, 6.45) is -0.267. The molecule has 0 amide bonds. The van der Waals surface area contributed by atoms with Crippen molar-refractivity contribution in [1.82, 2.24) is 0 Å². The van der Waals surface area contributed by atoms with E-state index in [-0.39, 0.29) is 38.1 Å². The van der Waals surface area contributed by atoms with Crippen LogP contribution in [-0.4, -0.2) is 33.2 Å². The first kappa shape index (κ1) is 15.3. The van der Waals surface area contributed by atoms with Crippen molar-refractivity contribution in [2.24, 2.45) is 0 Å². The molecule has 0 heterocycles. The molecular formula is C14H18O5. The first-order valence-corrected chi connectivity index (χ1v) is 6.15. The number of rotatable bonds is 8. The molecule has 0 radical (unpaired) electrons. The normalized spacial score (nSPS) is 12.1. The molecule has 1 aromatic rings. The average molecular weight is 266 g/mol. The molecule has 1 unspecified atom stereocenters. The van der Waals surface area contributed by atoms with Crippen LogP contribution in [0.4, 0.5) is 0 Å². The SMILES string of the molecule is O=C(O)CCC(O)CCC(=O)c1ccc(CO)cc1. The molecule has 0 aliphatic heterocycles. The monoisotopic (exact) mass is 266 g/mol. The van der Waals surface area contributed by atoms with Crippen molar-refractivity contribution in [1.29, 1.82) is 0 Å². The number of hydrogen-bond donors (Lipinski definition) is 3. The number of carbonyl (C=O) groups excluding carboxylic acids is 1. The first-order chi connectivity index (χ1) is 9.02. The number of carboxylic acids is 1. The molecule has 0 aromatic heterocycles. The van der Waals surface area contributed by atoms with Gasteiger partial charge in [-0.3, -0.25) is 9.59 Å². The van der Waals surface area contributed by atoms with Gasteiger partial charge in [0.1, 0.15) is 0 Å². The first-order valence-electron chi connectivity index (χ1n) is 6.15. The highest BCUT2D eigenvalue weighted by Gasteiger charge is 2.11. The van der Waals surface area contributed by atoms with E-state index in [4.69, 9.17) is 10.2 Å². The van der Waals surface area contributed by atoms with Gasteiger partial charge in [0.25, 0.3) is 0 Å². The quantitative estimate of drug-likeness (QED) is 0.618. The number of ketones is 1. The number of aliphatic carboxylic acids is 1. The summed E-state index contributed by atoms with van der Waals surface area (Å²) in [6, 6.07) is 6.62. The van der Waals surface area contributed by atoms with Gasteiger partial charge in [0.05, 0.1) is 12.7 Å². The maximum atomic E-state index is 11.8. The Hall–Kier alpha value is -1.72. The summed E-state index contributed by atoms with van der Waals surface area (Å²) in [5, 5.41) is 26.9. The molecule has 5 heteroatoms. The van der Waals surface area contributed by atoms with Gasteiger partial charge >= 0.3 is 5.97 Å². The molecule has 0 spiro atoms. The molecule has 3 N–H and O–H groups in total. The van der Waals surface area contributed by atoms with E-state index in [1.54, 1.807) is 24.3 Å². The summed E-state index contributed by atoms with van der Waals surface area (Å²) in [4.78, 5) is 22.1. The van der Waals surface area contributed by atoms with Crippen molar-refractivity contribution >= 4 is 11.8 Å². The molecule has 1 rings (SSSR count). The van der Waals surface area contributed by atoms with Crippen LogP contribution in [-0.2, 0) is 11.4 Å². The molecule has 0 saturated carbocycles. The Morgan fingerprint density at radius 1 is 1.05 bits per heavy atom. The summed E-state index contributed by atoms with van der Waals surface area (Å²) >= 11 is 0. The third-order valence-corrected chi connectivity index (χ3v) is 2.85. The Labute approximate surface area is 111 Å². The molecule has 0 bridgehead atoms. The predicted molar refractivity (Wildman–Crippen MR) is 68.8 cm³/mol. The van der Waals surface area contributed by atoms with Gasteiger partial charge in [0.2, 0.25) is 0 Å². The summed E-state index contributed by atoms with van der Waals surface area (Å²) < 4.78 is 0. The Balaban J connectivity index is 2.39. The fourth-order valence-corrected chi connectivity index (χ4v) is 1.67. The topological polar surface area (TPSA) is 94.8 Å². The zero-order valence-corrected chi connectivity index (χ0v) is 10.6. The molecule has 0 aliphatic carbocycles. The van der Waals surface area contributed by atoms with Gasteiger partial charge in [-0.05, 0) is 18.4 Å². The highest BCUT2D eigenvalue weighted by Crippen LogP contribution is 2.11. The maximum absolute atomic E-state index is 11.8. The minimum absolute atomic E-state index is 0.0671. The Morgan fingerprint density at radius 2 is 1.63 bits per heavy atom. The van der Waals surface area contributed by atoms with Crippen LogP contribution < -0.4 is 0 Å². The van der Waals surface area contributed by atoms with E-state index in [0.717, 1.165) is 5.56 Å². The molecule has 19 heavy (non-hydrogen) atoms. The summed E-state index contributed by atoms with van der Waals surface area (Å²) in [5.74, 6) is -1.05. The predicted octanol–water partition coefficient (Wildman–Crippen LogP) is 1.37. The van der Waals surface area contributed by atoms with Crippen LogP contribution in [0.15, 0.2) is 24.3 Å². The van der Waals surface area contributed by atoms with E-state index in [1.807, 2.05) is 0 Å². The van der Waals surface area contributed by atoms with E-state index in [2.05, 4.69) is 0 Å². The van der Waals surface area contributed by atoms with Crippen molar-refractivity contribution in [3.05, 3.63) is 35.4 Å². The number of aliphatic hydroxyl groups is 2. The van der Waals surface area contributed by atoms with Crippen molar-refractivity contribution in [2.75, 3.05) is 0 Å². The van der Waals surface area contributed by atoms with Crippen LogP contribution in [0.25, 0.3) is 0 Å². The average Bonchev–Trinajstić information content (AvgIpc) is 2.42. The second kappa shape index (κ2) is 7.66. The largest absolute Gasteiger partial charge is 0.481 e. The van der Waals surface area contributed by atoms with Crippen LogP contribution in [0.3, 0.4) is 0 Å². The van der Waals surface area contributed by atoms with Crippen molar-refractivity contribution in [2.45, 2.75) is 38.4 Å². The van der Waals surface area contributed by atoms with Gasteiger partial charge in [-0.2, -0.15) is 0 Å². The lowest BCUT2D eigenvalue weighted by atomic mass is 10.0. The minimum Gasteiger partial charge on any atom is -0.481 e. The molecule has 0 fully saturated rings. The Kier molecular flexibility index (Phi) is 6.18. The fraction of sp³-hybridized carbons (Fsp3) is 0.429. The molecule has 5 nitrogen and oxygen atoms in total. The Bertz CT molecular complexity index is 424. The maximum Gasteiger partial charge on any atom is 0.303 e. The van der Waals surface area contributed by atoms with Crippen LogP contribution in [0, 0.1) is 0 Å². The number of Topliss-reactive ketones (excluding diaryl/α,β-unsaturated/α-hetero) is 1. The number of hydrogen-bond acceptors (Lipinski definition) is 4. The molecule has 0 saturated heterocycles. The van der Waals surface area contributed by atoms with Gasteiger partial charge in [-0.15, -0.1) is 0 Å². The molecule has 1 aromatic carbocycles. The standard InChI is InChI=1S/C14H18O5/c15-9-10-1-3-11(4-2-10)13(17)7-5-12(16)6-8-14(18)19/h1-4,12,15-16H,5-9H2,(H,18,19). The highest BCUT2D eigenvalue weighted by molar-refractivity contribution is 5.96. The second-order valence-corrected chi connectivity index (χ2v) is 4.40. The van der Waals surface area contributed by atoms with E-state index < -0.39 is 12.1 Å². The molecule has 0 aliphatic rings. The van der Waals surface area contributed by atoms with Crippen molar-refractivity contribution in [3.8, 4) is 0 Å². The van der Waals surface area contributed by atoms with Crippen molar-refractivity contribution in [3.63, 3.8) is 0 Å².